The van der Waals surface area contributed by atoms with Gasteiger partial charge in [0.2, 0.25) is 0 Å². The summed E-state index contributed by atoms with van der Waals surface area (Å²) in [5.74, 6) is -0.951. The van der Waals surface area contributed by atoms with Crippen LogP contribution in [0.4, 0.5) is 0 Å². The van der Waals surface area contributed by atoms with Crippen LogP contribution in [0, 0.1) is 0 Å². The minimum absolute atomic E-state index is 0.159. The van der Waals surface area contributed by atoms with Crippen LogP contribution >= 0.6 is 11.3 Å². The first-order chi connectivity index (χ1) is 9.61. The molecular formula is C15H19NO3S. The summed E-state index contributed by atoms with van der Waals surface area (Å²) >= 11 is 1.50. The van der Waals surface area contributed by atoms with Gasteiger partial charge in [0.05, 0.1) is 11.6 Å². The van der Waals surface area contributed by atoms with Crippen molar-refractivity contribution in [2.75, 3.05) is 6.54 Å². The Morgan fingerprint density at radius 2 is 2.20 bits per heavy atom. The zero-order chi connectivity index (χ0) is 14.7. The van der Waals surface area contributed by atoms with Gasteiger partial charge in [-0.2, -0.15) is 0 Å². The number of rotatable bonds is 6. The number of amides is 1. The molecule has 0 aromatic carbocycles. The number of unbranched alkanes of at least 4 members (excludes halogenated alkanes) is 1. The molecule has 1 aliphatic rings. The van der Waals surface area contributed by atoms with Crippen LogP contribution in [-0.4, -0.2) is 28.2 Å². The van der Waals surface area contributed by atoms with E-state index in [1.165, 1.54) is 11.3 Å². The second-order valence-corrected chi connectivity index (χ2v) is 5.79. The van der Waals surface area contributed by atoms with Gasteiger partial charge in [0.25, 0.3) is 5.91 Å². The van der Waals surface area contributed by atoms with Gasteiger partial charge >= 0.3 is 0 Å². The molecule has 108 valence electrons. The molecule has 4 nitrogen and oxygen atoms in total. The predicted octanol–water partition coefficient (Wildman–Crippen LogP) is 3.22. The number of carbonyl (C=O) groups is 2. The minimum Gasteiger partial charge on any atom is -0.503 e. The summed E-state index contributed by atoms with van der Waals surface area (Å²) in [4.78, 5) is 26.9. The molecule has 0 saturated carbocycles. The molecule has 1 amide bonds. The lowest BCUT2D eigenvalue weighted by Gasteiger charge is -2.25. The van der Waals surface area contributed by atoms with E-state index in [4.69, 9.17) is 0 Å². The van der Waals surface area contributed by atoms with Gasteiger partial charge in [-0.1, -0.05) is 26.3 Å². The Bertz CT molecular complexity index is 533. The Balaban J connectivity index is 2.42. The number of Topliss-reactive ketones (excluding diaryl/α,β-unsaturated/α-hetero) is 1. The molecule has 1 aliphatic heterocycles. The van der Waals surface area contributed by atoms with Crippen LogP contribution in [0.1, 0.15) is 44.0 Å². The first kappa shape index (κ1) is 14.8. The average molecular weight is 293 g/mol. The quantitative estimate of drug-likeness (QED) is 0.876. The summed E-state index contributed by atoms with van der Waals surface area (Å²) < 4.78 is 0. The van der Waals surface area contributed by atoms with Gasteiger partial charge in [0.15, 0.2) is 11.5 Å². The third-order valence-electron chi connectivity index (χ3n) is 3.49. The van der Waals surface area contributed by atoms with Crippen molar-refractivity contribution >= 4 is 23.0 Å². The third kappa shape index (κ3) is 2.50. The normalized spacial score (nSPS) is 19.0. The molecule has 0 spiro atoms. The van der Waals surface area contributed by atoms with E-state index >= 15 is 0 Å². The maximum Gasteiger partial charge on any atom is 0.290 e. The van der Waals surface area contributed by atoms with E-state index in [1.807, 2.05) is 24.4 Å². The van der Waals surface area contributed by atoms with Crippen molar-refractivity contribution in [3.05, 3.63) is 33.7 Å². The molecule has 0 saturated heterocycles. The van der Waals surface area contributed by atoms with Gasteiger partial charge in [-0.05, 0) is 17.9 Å². The fourth-order valence-corrected chi connectivity index (χ4v) is 3.28. The van der Waals surface area contributed by atoms with E-state index in [2.05, 4.69) is 0 Å². The number of aliphatic hydroxyl groups excluding tert-OH is 1. The van der Waals surface area contributed by atoms with Crippen molar-refractivity contribution in [3.8, 4) is 0 Å². The fourth-order valence-electron chi connectivity index (χ4n) is 2.43. The Kier molecular flexibility index (Phi) is 4.60. The van der Waals surface area contributed by atoms with Crippen molar-refractivity contribution in [3.63, 3.8) is 0 Å². The van der Waals surface area contributed by atoms with E-state index < -0.39 is 11.9 Å². The molecule has 0 fully saturated rings. The molecule has 1 unspecified atom stereocenters. The van der Waals surface area contributed by atoms with E-state index in [0.29, 0.717) is 6.54 Å². The van der Waals surface area contributed by atoms with Crippen LogP contribution in [0.3, 0.4) is 0 Å². The Morgan fingerprint density at radius 3 is 2.75 bits per heavy atom. The summed E-state index contributed by atoms with van der Waals surface area (Å²) in [5, 5.41) is 12.0. The highest BCUT2D eigenvalue weighted by Crippen LogP contribution is 2.40. The predicted molar refractivity (Wildman–Crippen MR) is 78.6 cm³/mol. The Morgan fingerprint density at radius 1 is 1.45 bits per heavy atom. The lowest BCUT2D eigenvalue weighted by atomic mass is 10.0. The fraction of sp³-hybridized carbons (Fsp3) is 0.467. The summed E-state index contributed by atoms with van der Waals surface area (Å²) in [6.07, 6.45) is 2.10. The summed E-state index contributed by atoms with van der Waals surface area (Å²) in [5.41, 5.74) is 0.260. The van der Waals surface area contributed by atoms with Crippen molar-refractivity contribution in [1.29, 1.82) is 0 Å². The van der Waals surface area contributed by atoms with Gasteiger partial charge in [0, 0.05) is 17.8 Å². The van der Waals surface area contributed by atoms with Gasteiger partial charge < -0.3 is 10.0 Å². The topological polar surface area (TPSA) is 57.6 Å². The van der Waals surface area contributed by atoms with Crippen LogP contribution in [0.5, 0.6) is 0 Å². The first-order valence-electron chi connectivity index (χ1n) is 6.92. The van der Waals surface area contributed by atoms with Gasteiger partial charge in [-0.25, -0.2) is 0 Å². The molecule has 2 heterocycles. The van der Waals surface area contributed by atoms with Gasteiger partial charge in [-0.15, -0.1) is 11.3 Å². The average Bonchev–Trinajstić information content (AvgIpc) is 3.05. The van der Waals surface area contributed by atoms with Gasteiger partial charge in [0.1, 0.15) is 0 Å². The van der Waals surface area contributed by atoms with E-state index in [1.54, 1.807) is 11.8 Å². The SMILES string of the molecule is CCCCN1C(=O)C(O)=C(C(=O)CC)C1c1cccs1. The van der Waals surface area contributed by atoms with E-state index in [0.717, 1.165) is 17.7 Å². The van der Waals surface area contributed by atoms with Crippen LogP contribution in [-0.2, 0) is 9.59 Å². The highest BCUT2D eigenvalue weighted by atomic mass is 32.1. The van der Waals surface area contributed by atoms with Crippen molar-refractivity contribution in [2.24, 2.45) is 0 Å². The molecule has 20 heavy (non-hydrogen) atoms. The second kappa shape index (κ2) is 6.22. The molecule has 1 aromatic rings. The number of carbonyl (C=O) groups excluding carboxylic acids is 2. The standard InChI is InChI=1S/C15H19NO3S/c1-3-5-8-16-13(11-7-6-9-20-11)12(10(17)4-2)14(18)15(16)19/h6-7,9,13,18H,3-5,8H2,1-2H3. The molecule has 1 N–H and O–H groups in total. The van der Waals surface area contributed by atoms with E-state index in [-0.39, 0.29) is 23.5 Å². The van der Waals surface area contributed by atoms with Crippen LogP contribution in [0.2, 0.25) is 0 Å². The van der Waals surface area contributed by atoms with Crippen molar-refractivity contribution < 1.29 is 14.7 Å². The first-order valence-corrected chi connectivity index (χ1v) is 7.80. The number of hydrogen-bond donors (Lipinski definition) is 1. The summed E-state index contributed by atoms with van der Waals surface area (Å²) in [6, 6.07) is 3.39. The van der Waals surface area contributed by atoms with Crippen LogP contribution < -0.4 is 0 Å². The van der Waals surface area contributed by atoms with E-state index in [9.17, 15) is 14.7 Å². The van der Waals surface area contributed by atoms with Gasteiger partial charge in [-0.3, -0.25) is 9.59 Å². The third-order valence-corrected chi connectivity index (χ3v) is 4.42. The highest BCUT2D eigenvalue weighted by molar-refractivity contribution is 7.10. The molecule has 0 aliphatic carbocycles. The zero-order valence-corrected chi connectivity index (χ0v) is 12.6. The number of ketones is 1. The maximum atomic E-state index is 12.2. The summed E-state index contributed by atoms with van der Waals surface area (Å²) in [6.45, 7) is 4.35. The Hall–Kier alpha value is -1.62. The zero-order valence-electron chi connectivity index (χ0n) is 11.8. The smallest absolute Gasteiger partial charge is 0.290 e. The summed E-state index contributed by atoms with van der Waals surface area (Å²) in [7, 11) is 0. The number of aliphatic hydroxyl groups is 1. The molecule has 0 radical (unpaired) electrons. The largest absolute Gasteiger partial charge is 0.503 e. The monoisotopic (exact) mass is 293 g/mol. The molecule has 1 aromatic heterocycles. The molecular weight excluding hydrogens is 274 g/mol. The molecule has 5 heteroatoms. The molecule has 1 atom stereocenters. The van der Waals surface area contributed by atoms with Crippen molar-refractivity contribution in [2.45, 2.75) is 39.2 Å². The van der Waals surface area contributed by atoms with Crippen LogP contribution in [0.25, 0.3) is 0 Å². The highest BCUT2D eigenvalue weighted by Gasteiger charge is 2.42. The second-order valence-electron chi connectivity index (χ2n) is 4.81. The Labute approximate surface area is 122 Å². The minimum atomic E-state index is -0.423. The number of nitrogens with zero attached hydrogens (tertiary/aromatic N) is 1. The van der Waals surface area contributed by atoms with Crippen LogP contribution in [0.15, 0.2) is 28.8 Å². The van der Waals surface area contributed by atoms with Crippen molar-refractivity contribution in [1.82, 2.24) is 4.90 Å². The maximum absolute atomic E-state index is 12.2. The lowest BCUT2D eigenvalue weighted by molar-refractivity contribution is -0.129. The number of thiophene rings is 1. The molecule has 0 bridgehead atoms. The molecule has 2 rings (SSSR count). The number of hydrogen-bond acceptors (Lipinski definition) is 4. The lowest BCUT2D eigenvalue weighted by Crippen LogP contribution is -2.31.